The fourth-order valence-corrected chi connectivity index (χ4v) is 4.29. The van der Waals surface area contributed by atoms with Crippen LogP contribution in [0.1, 0.15) is 31.7 Å². The molecule has 3 aromatic rings. The molecule has 10 nitrogen and oxygen atoms in total. The molecule has 11 heteroatoms. The Morgan fingerprint density at radius 1 is 1.29 bits per heavy atom. The zero-order chi connectivity index (χ0) is 24.8. The molecule has 0 spiro atoms. The smallest absolute Gasteiger partial charge is 0.320 e. The lowest BCUT2D eigenvalue weighted by atomic mass is 9.93. The van der Waals surface area contributed by atoms with Crippen LogP contribution in [0.4, 0.5) is 4.79 Å². The van der Waals surface area contributed by atoms with Gasteiger partial charge >= 0.3 is 6.03 Å². The van der Waals surface area contributed by atoms with Gasteiger partial charge in [0.15, 0.2) is 0 Å². The van der Waals surface area contributed by atoms with E-state index in [1.54, 1.807) is 36.3 Å². The van der Waals surface area contributed by atoms with Crippen molar-refractivity contribution in [2.24, 2.45) is 10.7 Å². The van der Waals surface area contributed by atoms with Crippen LogP contribution >= 0.6 is 11.6 Å². The first-order chi connectivity index (χ1) is 17.0. The molecule has 184 valence electrons. The van der Waals surface area contributed by atoms with E-state index in [4.69, 9.17) is 27.2 Å². The largest absolute Gasteiger partial charge is 0.496 e. The fourth-order valence-electron chi connectivity index (χ4n) is 4.12. The quantitative estimate of drug-likeness (QED) is 0.567. The van der Waals surface area contributed by atoms with Gasteiger partial charge < -0.3 is 15.6 Å². The number of carbonyl (C=O) groups excluding carboxylic acids is 1. The van der Waals surface area contributed by atoms with Crippen molar-refractivity contribution in [2.75, 3.05) is 13.7 Å². The van der Waals surface area contributed by atoms with Crippen LogP contribution in [0.2, 0.25) is 5.02 Å². The van der Waals surface area contributed by atoms with Crippen LogP contribution in [0.15, 0.2) is 60.1 Å². The SMILES string of the molecule is COc1ccc(Cl)cc1-c1nn([C@@H]2CCCC[C@H]2O)cc1-n1cccn1.NC(=O)N1C=NC=CC1. The summed E-state index contributed by atoms with van der Waals surface area (Å²) in [5.41, 5.74) is 7.28. The highest BCUT2D eigenvalue weighted by Gasteiger charge is 2.28. The lowest BCUT2D eigenvalue weighted by molar-refractivity contribution is 0.0695. The van der Waals surface area contributed by atoms with Crippen LogP contribution in [-0.2, 0) is 0 Å². The number of methoxy groups -OCH3 is 1. The molecule has 1 saturated carbocycles. The number of aromatic nitrogens is 4. The van der Waals surface area contributed by atoms with E-state index in [1.165, 1.54) is 11.2 Å². The summed E-state index contributed by atoms with van der Waals surface area (Å²) in [5, 5.41) is 20.2. The third-order valence-electron chi connectivity index (χ3n) is 5.90. The molecule has 1 fully saturated rings. The number of halogens is 1. The molecule has 5 rings (SSSR count). The van der Waals surface area contributed by atoms with E-state index in [0.29, 0.717) is 17.3 Å². The highest BCUT2D eigenvalue weighted by atomic mass is 35.5. The normalized spacial score (nSPS) is 19.2. The van der Waals surface area contributed by atoms with Crippen LogP contribution in [0.25, 0.3) is 16.9 Å². The number of aliphatic hydroxyl groups is 1. The standard InChI is InChI=1S/C19H21ClN4O2.C5H7N3O/c1-26-18-8-7-13(20)11-14(18)19-16(23-10-4-9-21-23)12-24(22-19)15-5-2-3-6-17(15)25;6-5(9)8-3-1-2-7-4-8/h4,7-12,15,17,25H,2-3,5-6H2,1H3;1-2,4H,3H2,(H2,6,9)/t15-,17-;/m1./s1. The number of carbonyl (C=O) groups is 1. The van der Waals surface area contributed by atoms with Crippen molar-refractivity contribution in [3.8, 4) is 22.7 Å². The fraction of sp³-hybridized carbons (Fsp3) is 0.333. The summed E-state index contributed by atoms with van der Waals surface area (Å²) < 4.78 is 9.16. The Labute approximate surface area is 208 Å². The summed E-state index contributed by atoms with van der Waals surface area (Å²) in [7, 11) is 1.63. The van der Waals surface area contributed by atoms with Crippen molar-refractivity contribution in [1.82, 2.24) is 24.5 Å². The van der Waals surface area contributed by atoms with Crippen LogP contribution in [0.5, 0.6) is 5.75 Å². The van der Waals surface area contributed by atoms with E-state index in [9.17, 15) is 9.90 Å². The van der Waals surface area contributed by atoms with E-state index in [-0.39, 0.29) is 12.1 Å². The molecule has 1 aromatic carbocycles. The first-order valence-corrected chi connectivity index (χ1v) is 11.7. The average Bonchev–Trinajstić information content (AvgIpc) is 3.55. The number of aliphatic hydroxyl groups excluding tert-OH is 1. The topological polar surface area (TPSA) is 124 Å². The Morgan fingerprint density at radius 2 is 2.11 bits per heavy atom. The zero-order valence-electron chi connectivity index (χ0n) is 19.4. The number of rotatable bonds is 4. The summed E-state index contributed by atoms with van der Waals surface area (Å²) in [6.07, 6.45) is 13.8. The third-order valence-corrected chi connectivity index (χ3v) is 6.13. The minimum atomic E-state index is -0.469. The molecule has 2 aliphatic rings. The number of nitrogens with zero attached hydrogens (tertiary/aromatic N) is 6. The summed E-state index contributed by atoms with van der Waals surface area (Å²) >= 11 is 6.23. The third kappa shape index (κ3) is 5.72. The minimum Gasteiger partial charge on any atom is -0.496 e. The van der Waals surface area contributed by atoms with Gasteiger partial charge in [0, 0.05) is 35.7 Å². The molecule has 35 heavy (non-hydrogen) atoms. The van der Waals surface area contributed by atoms with Gasteiger partial charge in [0.2, 0.25) is 0 Å². The molecule has 1 aliphatic carbocycles. The van der Waals surface area contributed by atoms with Gasteiger partial charge in [-0.05, 0) is 43.2 Å². The number of hydrogen-bond acceptors (Lipinski definition) is 6. The van der Waals surface area contributed by atoms with Gasteiger partial charge in [-0.3, -0.25) is 9.58 Å². The molecule has 2 amide bonds. The number of aliphatic imine (C=N–C) groups is 1. The van der Waals surface area contributed by atoms with Crippen molar-refractivity contribution in [2.45, 2.75) is 37.8 Å². The summed E-state index contributed by atoms with van der Waals surface area (Å²) in [4.78, 5) is 15.4. The Balaban J connectivity index is 0.000000271. The second kappa shape index (κ2) is 11.2. The molecule has 0 radical (unpaired) electrons. The molecular weight excluding hydrogens is 470 g/mol. The molecule has 0 unspecified atom stereocenters. The van der Waals surface area contributed by atoms with Crippen molar-refractivity contribution in [3.63, 3.8) is 0 Å². The van der Waals surface area contributed by atoms with Crippen molar-refractivity contribution in [1.29, 1.82) is 0 Å². The van der Waals surface area contributed by atoms with Gasteiger partial charge in [-0.1, -0.05) is 24.4 Å². The Kier molecular flexibility index (Phi) is 7.84. The zero-order valence-corrected chi connectivity index (χ0v) is 20.1. The number of urea groups is 1. The first-order valence-electron chi connectivity index (χ1n) is 11.3. The van der Waals surface area contributed by atoms with E-state index in [0.717, 1.165) is 42.6 Å². The first kappa shape index (κ1) is 24.5. The monoisotopic (exact) mass is 497 g/mol. The van der Waals surface area contributed by atoms with E-state index in [2.05, 4.69) is 10.1 Å². The van der Waals surface area contributed by atoms with Gasteiger partial charge in [0.05, 0.1) is 31.8 Å². The molecule has 0 saturated heterocycles. The number of primary amides is 1. The number of amides is 2. The van der Waals surface area contributed by atoms with Crippen LogP contribution < -0.4 is 10.5 Å². The lowest BCUT2D eigenvalue weighted by Crippen LogP contribution is -2.35. The van der Waals surface area contributed by atoms with Crippen molar-refractivity contribution in [3.05, 3.63) is 60.2 Å². The highest BCUT2D eigenvalue weighted by Crippen LogP contribution is 2.37. The lowest BCUT2D eigenvalue weighted by Gasteiger charge is -2.27. The van der Waals surface area contributed by atoms with E-state index >= 15 is 0 Å². The number of hydrogen-bond donors (Lipinski definition) is 2. The maximum atomic E-state index is 10.4. The second-order valence-electron chi connectivity index (χ2n) is 8.20. The maximum Gasteiger partial charge on any atom is 0.320 e. The Hall–Kier alpha value is -3.63. The number of nitrogens with two attached hydrogens (primary N) is 1. The molecule has 2 aromatic heterocycles. The molecular formula is C24H28ClN7O3. The minimum absolute atomic E-state index is 0.0306. The highest BCUT2D eigenvalue weighted by molar-refractivity contribution is 6.31. The number of benzene rings is 1. The van der Waals surface area contributed by atoms with Gasteiger partial charge in [0.25, 0.3) is 0 Å². The van der Waals surface area contributed by atoms with Crippen molar-refractivity contribution >= 4 is 24.0 Å². The van der Waals surface area contributed by atoms with Crippen LogP contribution in [-0.4, -0.2) is 61.7 Å². The van der Waals surface area contributed by atoms with Crippen molar-refractivity contribution < 1.29 is 14.6 Å². The molecule has 3 N–H and O–H groups in total. The number of ether oxygens (including phenoxy) is 1. The maximum absolute atomic E-state index is 10.4. The molecule has 0 bridgehead atoms. The van der Waals surface area contributed by atoms with Gasteiger partial charge in [-0.15, -0.1) is 0 Å². The second-order valence-corrected chi connectivity index (χ2v) is 8.63. The average molecular weight is 498 g/mol. The van der Waals surface area contributed by atoms with Crippen LogP contribution in [0.3, 0.4) is 0 Å². The molecule has 3 heterocycles. The molecule has 1 aliphatic heterocycles. The van der Waals surface area contributed by atoms with E-state index < -0.39 is 6.03 Å². The van der Waals surface area contributed by atoms with Gasteiger partial charge in [-0.25, -0.2) is 14.5 Å². The van der Waals surface area contributed by atoms with Gasteiger partial charge in [0.1, 0.15) is 17.1 Å². The predicted octanol–water partition coefficient (Wildman–Crippen LogP) is 3.80. The Bertz CT molecular complexity index is 1210. The predicted molar refractivity (Wildman–Crippen MR) is 134 cm³/mol. The van der Waals surface area contributed by atoms with Gasteiger partial charge in [-0.2, -0.15) is 10.2 Å². The van der Waals surface area contributed by atoms with Crippen LogP contribution in [0, 0.1) is 0 Å². The Morgan fingerprint density at radius 3 is 2.74 bits per heavy atom. The van der Waals surface area contributed by atoms with E-state index in [1.807, 2.05) is 35.3 Å². The summed E-state index contributed by atoms with van der Waals surface area (Å²) in [5.74, 6) is 0.692. The summed E-state index contributed by atoms with van der Waals surface area (Å²) in [6.45, 7) is 0.527. The summed E-state index contributed by atoms with van der Waals surface area (Å²) in [6, 6.07) is 6.83. The molecule has 2 atom stereocenters.